The average Bonchev–Trinajstić information content (AvgIpc) is 3.29. The van der Waals surface area contributed by atoms with Crippen LogP contribution in [0.3, 0.4) is 0 Å². The molecule has 12 aliphatic carbocycles. The molecule has 12 saturated carbocycles. The molecular weight excluding hydrogens is 560 g/mol. The zero-order valence-corrected chi connectivity index (χ0v) is 26.1. The molecule has 6 unspecified atom stereocenters. The monoisotopic (exact) mass is 610 g/mol. The van der Waals surface area contributed by atoms with Crippen LogP contribution in [0.15, 0.2) is 0 Å². The largest absolute Gasteiger partial charge is 0.462 e. The minimum atomic E-state index is -0.721. The van der Waals surface area contributed by atoms with Crippen LogP contribution in [-0.4, -0.2) is 64.6 Å². The summed E-state index contributed by atoms with van der Waals surface area (Å²) in [5, 5.41) is 22.5. The Kier molecular flexibility index (Phi) is 5.71. The first-order valence-corrected chi connectivity index (χ1v) is 18.2. The third-order valence-corrected chi connectivity index (χ3v) is 15.0. The van der Waals surface area contributed by atoms with E-state index in [4.69, 9.17) is 18.9 Å². The molecule has 2 N–H and O–H groups in total. The van der Waals surface area contributed by atoms with Crippen molar-refractivity contribution >= 4 is 11.9 Å². The third-order valence-electron chi connectivity index (χ3n) is 15.0. The topological polar surface area (TPSA) is 112 Å². The number of rotatable bonds is 6. The second-order valence-corrected chi connectivity index (χ2v) is 18.5. The quantitative estimate of drug-likeness (QED) is 0.418. The highest BCUT2D eigenvalue weighted by Crippen LogP contribution is 2.65. The van der Waals surface area contributed by atoms with Gasteiger partial charge in [0.2, 0.25) is 0 Å². The standard InChI is InChI=1S/C36H50O8/c37-30(32-8-22-2-23(9-32)13-34(39,12-22)18-32)41-16-28-29(44-36(43-28)26-4-20-1-21(6-26)7-27(36)5-20)17-42-31(38)33-10-24-3-25(11-33)15-35(40,14-24)19-33/h20-29,39-40H,1-19H2. The van der Waals surface area contributed by atoms with Gasteiger partial charge in [0.15, 0.2) is 5.79 Å². The van der Waals surface area contributed by atoms with E-state index in [2.05, 4.69) is 0 Å². The van der Waals surface area contributed by atoms with Gasteiger partial charge in [0.05, 0.1) is 22.0 Å². The molecule has 242 valence electrons. The smallest absolute Gasteiger partial charge is 0.312 e. The third kappa shape index (κ3) is 4.01. The van der Waals surface area contributed by atoms with Crippen LogP contribution in [0.1, 0.15) is 109 Å². The van der Waals surface area contributed by atoms with Crippen molar-refractivity contribution < 1.29 is 38.7 Å². The van der Waals surface area contributed by atoms with Crippen molar-refractivity contribution in [3.63, 3.8) is 0 Å². The van der Waals surface area contributed by atoms with Crippen molar-refractivity contribution in [3.8, 4) is 0 Å². The molecule has 1 spiro atoms. The molecule has 0 aromatic rings. The van der Waals surface area contributed by atoms with Gasteiger partial charge in [0.1, 0.15) is 25.4 Å². The number of carbonyl (C=O) groups excluding carboxylic acids is 2. The predicted molar refractivity (Wildman–Crippen MR) is 156 cm³/mol. The van der Waals surface area contributed by atoms with Crippen LogP contribution in [0.5, 0.6) is 0 Å². The molecule has 44 heavy (non-hydrogen) atoms. The van der Waals surface area contributed by atoms with Crippen LogP contribution in [0.25, 0.3) is 0 Å². The van der Waals surface area contributed by atoms with E-state index in [-0.39, 0.29) is 25.2 Å². The lowest BCUT2D eigenvalue weighted by Crippen LogP contribution is -2.59. The van der Waals surface area contributed by atoms with E-state index in [1.165, 1.54) is 6.42 Å². The van der Waals surface area contributed by atoms with E-state index >= 15 is 0 Å². The summed E-state index contributed by atoms with van der Waals surface area (Å²) in [6.07, 6.45) is 14.7. The maximum absolute atomic E-state index is 13.8. The number of aliphatic hydroxyl groups is 2. The molecule has 1 heterocycles. The van der Waals surface area contributed by atoms with Crippen LogP contribution in [0.2, 0.25) is 0 Å². The summed E-state index contributed by atoms with van der Waals surface area (Å²) in [5.41, 5.74) is -2.61. The highest BCUT2D eigenvalue weighted by atomic mass is 16.8. The van der Waals surface area contributed by atoms with Gasteiger partial charge in [0.25, 0.3) is 0 Å². The summed E-state index contributed by atoms with van der Waals surface area (Å²) >= 11 is 0. The molecule has 13 aliphatic rings. The Hall–Kier alpha value is -1.22. The Morgan fingerprint density at radius 1 is 0.545 bits per heavy atom. The molecule has 8 nitrogen and oxygen atoms in total. The van der Waals surface area contributed by atoms with E-state index in [0.717, 1.165) is 102 Å². The molecule has 1 saturated heterocycles. The molecule has 1 aliphatic heterocycles. The van der Waals surface area contributed by atoms with Crippen molar-refractivity contribution in [3.05, 3.63) is 0 Å². The average molecular weight is 611 g/mol. The van der Waals surface area contributed by atoms with Crippen molar-refractivity contribution in [2.24, 2.45) is 58.2 Å². The van der Waals surface area contributed by atoms with Gasteiger partial charge in [-0.2, -0.15) is 0 Å². The fourth-order valence-electron chi connectivity index (χ4n) is 14.7. The zero-order valence-electron chi connectivity index (χ0n) is 26.1. The van der Waals surface area contributed by atoms with Crippen molar-refractivity contribution in [1.82, 2.24) is 0 Å². The predicted octanol–water partition coefficient (Wildman–Crippen LogP) is 4.67. The highest BCUT2D eigenvalue weighted by molar-refractivity contribution is 5.78. The molecule has 0 aromatic carbocycles. The van der Waals surface area contributed by atoms with E-state index in [1.807, 2.05) is 0 Å². The van der Waals surface area contributed by atoms with Crippen LogP contribution >= 0.6 is 0 Å². The van der Waals surface area contributed by atoms with Crippen LogP contribution in [0.4, 0.5) is 0 Å². The van der Waals surface area contributed by atoms with Gasteiger partial charge in [-0.15, -0.1) is 0 Å². The summed E-state index contributed by atoms with van der Waals surface area (Å²) in [4.78, 5) is 27.7. The van der Waals surface area contributed by atoms with E-state index in [1.54, 1.807) is 0 Å². The molecule has 12 bridgehead atoms. The Morgan fingerprint density at radius 3 is 1.27 bits per heavy atom. The molecule has 13 rings (SSSR count). The second-order valence-electron chi connectivity index (χ2n) is 18.5. The zero-order chi connectivity index (χ0) is 29.7. The Labute approximate surface area is 260 Å². The fraction of sp³-hybridized carbons (Fsp3) is 0.944. The first-order chi connectivity index (χ1) is 21.0. The van der Waals surface area contributed by atoms with Gasteiger partial charge in [-0.1, -0.05) is 0 Å². The Morgan fingerprint density at radius 2 is 0.909 bits per heavy atom. The number of hydrogen-bond acceptors (Lipinski definition) is 8. The first-order valence-electron chi connectivity index (χ1n) is 18.2. The summed E-state index contributed by atoms with van der Waals surface area (Å²) in [6.45, 7) is 0.194. The Balaban J connectivity index is 0.874. The molecule has 0 amide bonds. The van der Waals surface area contributed by atoms with Crippen molar-refractivity contribution in [2.75, 3.05) is 13.2 Å². The SMILES string of the molecule is O=C(OCC1OC2(OC1COC(=O)C13CC4CC(CC(O)(C4)C1)C3)C1CC3CC(C1)CC2C3)C12CC3CC(CC(O)(C3)C1)C2. The van der Waals surface area contributed by atoms with Gasteiger partial charge in [-0.05, 0) is 145 Å². The maximum atomic E-state index is 13.8. The minimum absolute atomic E-state index is 0.0969. The number of carbonyl (C=O) groups is 2. The van der Waals surface area contributed by atoms with E-state index < -0.39 is 40.0 Å². The van der Waals surface area contributed by atoms with Gasteiger partial charge in [-0.25, -0.2) is 0 Å². The first kappa shape index (κ1) is 27.9. The summed E-state index contributed by atoms with van der Waals surface area (Å²) < 4.78 is 26.2. The number of hydrogen-bond donors (Lipinski definition) is 2. The molecular formula is C36H50O8. The molecule has 8 heteroatoms. The highest BCUT2D eigenvalue weighted by Gasteiger charge is 2.66. The van der Waals surface area contributed by atoms with E-state index in [9.17, 15) is 19.8 Å². The summed E-state index contributed by atoms with van der Waals surface area (Å²) in [7, 11) is 0. The minimum Gasteiger partial charge on any atom is -0.462 e. The van der Waals surface area contributed by atoms with Gasteiger partial charge < -0.3 is 29.2 Å². The maximum Gasteiger partial charge on any atom is 0.312 e. The molecule has 6 atom stereocenters. The van der Waals surface area contributed by atoms with Gasteiger partial charge in [-0.3, -0.25) is 9.59 Å². The summed E-state index contributed by atoms with van der Waals surface area (Å²) in [5.74, 6) is 2.79. The van der Waals surface area contributed by atoms with Crippen molar-refractivity contribution in [1.29, 1.82) is 0 Å². The van der Waals surface area contributed by atoms with Crippen LogP contribution in [0, 0.1) is 58.2 Å². The molecule has 13 fully saturated rings. The normalized spacial score (nSPS) is 58.7. The van der Waals surface area contributed by atoms with Crippen LogP contribution in [-0.2, 0) is 28.5 Å². The number of esters is 2. The lowest BCUT2D eigenvalue weighted by Gasteiger charge is -2.58. The summed E-state index contributed by atoms with van der Waals surface area (Å²) in [6, 6.07) is 0. The van der Waals surface area contributed by atoms with Crippen molar-refractivity contribution in [2.45, 2.75) is 138 Å². The van der Waals surface area contributed by atoms with Crippen LogP contribution < -0.4 is 0 Å². The van der Waals surface area contributed by atoms with Gasteiger partial charge in [0, 0.05) is 11.8 Å². The van der Waals surface area contributed by atoms with E-state index in [0.29, 0.717) is 48.3 Å². The number of ether oxygens (including phenoxy) is 4. The molecule has 0 radical (unpaired) electrons. The Bertz CT molecular complexity index is 1130. The lowest BCUT2D eigenvalue weighted by atomic mass is 9.48. The van der Waals surface area contributed by atoms with Gasteiger partial charge >= 0.3 is 11.9 Å². The lowest BCUT2D eigenvalue weighted by molar-refractivity contribution is -0.301. The molecule has 0 aromatic heterocycles. The fourth-order valence-corrected chi connectivity index (χ4v) is 14.7. The second kappa shape index (κ2) is 9.02.